The van der Waals surface area contributed by atoms with E-state index in [2.05, 4.69) is 21.2 Å². The zero-order valence-electron chi connectivity index (χ0n) is 13.8. The summed E-state index contributed by atoms with van der Waals surface area (Å²) in [6.07, 6.45) is -3.03. The first kappa shape index (κ1) is 22.4. The molecule has 0 saturated carbocycles. The lowest BCUT2D eigenvalue weighted by atomic mass is 10.1. The monoisotopic (exact) mass is 440 g/mol. The van der Waals surface area contributed by atoms with Crippen molar-refractivity contribution in [2.75, 3.05) is 11.9 Å². The molecule has 0 unspecified atom stereocenters. The highest BCUT2D eigenvalue weighted by Gasteiger charge is 2.58. The molecule has 1 aromatic rings. The predicted molar refractivity (Wildman–Crippen MR) is 92.1 cm³/mol. The van der Waals surface area contributed by atoms with Gasteiger partial charge in [-0.15, -0.1) is 0 Å². The summed E-state index contributed by atoms with van der Waals surface area (Å²) in [6.45, 7) is -0.124. The number of alkyl halides is 3. The molecule has 0 radical (unpaired) electrons. The Kier molecular flexibility index (Phi) is 8.51. The topological polar surface area (TPSA) is 98.7 Å². The third kappa shape index (κ3) is 6.93. The van der Waals surface area contributed by atoms with Crippen LogP contribution in [0, 0.1) is 0 Å². The van der Waals surface area contributed by atoms with Gasteiger partial charge in [-0.25, -0.2) is 0 Å². The molecule has 0 aliphatic carbocycles. The number of amides is 2. The summed E-state index contributed by atoms with van der Waals surface area (Å²) >= 11 is 3.32. The number of para-hydroxylation sites is 1. The van der Waals surface area contributed by atoms with E-state index in [1.54, 1.807) is 18.2 Å². The molecule has 4 N–H and O–H groups in total. The predicted octanol–water partition coefficient (Wildman–Crippen LogP) is 2.70. The summed E-state index contributed by atoms with van der Waals surface area (Å²) < 4.78 is 37.4. The molecule has 26 heavy (non-hydrogen) atoms. The van der Waals surface area contributed by atoms with Gasteiger partial charge in [0.2, 0.25) is 5.91 Å². The molecule has 0 fully saturated rings. The van der Waals surface area contributed by atoms with Gasteiger partial charge < -0.3 is 20.8 Å². The number of hydrogen-bond acceptors (Lipinski definition) is 4. The van der Waals surface area contributed by atoms with Crippen LogP contribution in [0.5, 0.6) is 0 Å². The standard InChI is InChI=1S/C16H20BrF3N2O4/c17-11-7-4-5-8-12(11)22-13(23)9-3-1-2-6-10-21-14(24)15(25,26)16(18,19)20/h4-5,7-8,25-26H,1-3,6,9-10H2,(H,21,24)(H,22,23). The van der Waals surface area contributed by atoms with Crippen molar-refractivity contribution in [3.63, 3.8) is 0 Å². The first-order chi connectivity index (χ1) is 12.1. The fraction of sp³-hybridized carbons (Fsp3) is 0.500. The molecule has 2 amide bonds. The second kappa shape index (κ2) is 9.89. The molecule has 0 spiro atoms. The largest absolute Gasteiger partial charge is 0.453 e. The number of hydrogen-bond donors (Lipinski definition) is 4. The Bertz CT molecular complexity index is 624. The molecule has 10 heteroatoms. The van der Waals surface area contributed by atoms with E-state index in [0.717, 1.165) is 4.47 Å². The molecule has 0 heterocycles. The Morgan fingerprint density at radius 2 is 1.65 bits per heavy atom. The number of halogens is 4. The number of carbonyl (C=O) groups is 2. The van der Waals surface area contributed by atoms with Crippen molar-refractivity contribution in [1.82, 2.24) is 5.32 Å². The van der Waals surface area contributed by atoms with Gasteiger partial charge in [-0.2, -0.15) is 13.2 Å². The SMILES string of the molecule is O=C(CCCCCCNC(=O)C(O)(O)C(F)(F)F)Nc1ccccc1Br. The van der Waals surface area contributed by atoms with Crippen LogP contribution in [0.2, 0.25) is 0 Å². The van der Waals surface area contributed by atoms with Crippen LogP contribution < -0.4 is 10.6 Å². The van der Waals surface area contributed by atoms with E-state index in [-0.39, 0.29) is 18.9 Å². The van der Waals surface area contributed by atoms with E-state index in [9.17, 15) is 22.8 Å². The van der Waals surface area contributed by atoms with Crippen LogP contribution in [-0.2, 0) is 9.59 Å². The van der Waals surface area contributed by atoms with Crippen molar-refractivity contribution in [1.29, 1.82) is 0 Å². The van der Waals surface area contributed by atoms with Crippen molar-refractivity contribution in [3.05, 3.63) is 28.7 Å². The molecule has 0 bridgehead atoms. The first-order valence-electron chi connectivity index (χ1n) is 7.90. The maximum Gasteiger partial charge on any atom is 0.453 e. The number of carbonyl (C=O) groups excluding carboxylic acids is 2. The maximum absolute atomic E-state index is 12.2. The molecule has 0 saturated heterocycles. The van der Waals surface area contributed by atoms with Crippen molar-refractivity contribution in [2.24, 2.45) is 0 Å². The summed E-state index contributed by atoms with van der Waals surface area (Å²) in [7, 11) is 0. The van der Waals surface area contributed by atoms with E-state index < -0.39 is 17.9 Å². The number of unbranched alkanes of at least 4 members (excludes halogenated alkanes) is 3. The van der Waals surface area contributed by atoms with E-state index in [0.29, 0.717) is 31.4 Å². The summed E-state index contributed by atoms with van der Waals surface area (Å²) in [6, 6.07) is 7.18. The quantitative estimate of drug-likeness (QED) is 0.350. The average molecular weight is 441 g/mol. The van der Waals surface area contributed by atoms with E-state index >= 15 is 0 Å². The average Bonchev–Trinajstić information content (AvgIpc) is 2.54. The molecule has 1 rings (SSSR count). The number of nitrogens with one attached hydrogen (secondary N) is 2. The zero-order valence-corrected chi connectivity index (χ0v) is 15.4. The lowest BCUT2D eigenvalue weighted by Crippen LogP contribution is -2.57. The third-order valence-electron chi connectivity index (χ3n) is 3.48. The fourth-order valence-corrected chi connectivity index (χ4v) is 2.38. The molecule has 146 valence electrons. The maximum atomic E-state index is 12.2. The van der Waals surface area contributed by atoms with Gasteiger partial charge in [0.15, 0.2) is 0 Å². The fourth-order valence-electron chi connectivity index (χ4n) is 1.99. The van der Waals surface area contributed by atoms with Gasteiger partial charge in [-0.1, -0.05) is 25.0 Å². The Labute approximate surface area is 156 Å². The lowest BCUT2D eigenvalue weighted by Gasteiger charge is -2.22. The van der Waals surface area contributed by atoms with Gasteiger partial charge in [0.05, 0.1) is 5.69 Å². The second-order valence-electron chi connectivity index (χ2n) is 5.62. The molecule has 0 aliphatic rings. The summed E-state index contributed by atoms with van der Waals surface area (Å²) in [5.41, 5.74) is 0.668. The van der Waals surface area contributed by atoms with Gasteiger partial charge >= 0.3 is 12.0 Å². The summed E-state index contributed by atoms with van der Waals surface area (Å²) in [4.78, 5) is 22.9. The zero-order chi connectivity index (χ0) is 19.8. The second-order valence-corrected chi connectivity index (χ2v) is 6.47. The van der Waals surface area contributed by atoms with Crippen LogP contribution in [0.1, 0.15) is 32.1 Å². The van der Waals surface area contributed by atoms with Crippen LogP contribution in [0.3, 0.4) is 0 Å². The number of aliphatic hydroxyl groups is 2. The molecule has 1 aromatic carbocycles. The Hall–Kier alpha value is -1.65. The highest BCUT2D eigenvalue weighted by Crippen LogP contribution is 2.28. The van der Waals surface area contributed by atoms with Gasteiger partial charge in [0.1, 0.15) is 0 Å². The van der Waals surface area contributed by atoms with Crippen LogP contribution in [0.4, 0.5) is 18.9 Å². The van der Waals surface area contributed by atoms with Crippen molar-refractivity contribution in [2.45, 2.75) is 44.1 Å². The van der Waals surface area contributed by atoms with Crippen LogP contribution in [0.15, 0.2) is 28.7 Å². The van der Waals surface area contributed by atoms with Gasteiger partial charge in [-0.3, -0.25) is 9.59 Å². The minimum absolute atomic E-state index is 0.124. The Morgan fingerprint density at radius 1 is 1.04 bits per heavy atom. The van der Waals surface area contributed by atoms with Crippen LogP contribution >= 0.6 is 15.9 Å². The van der Waals surface area contributed by atoms with E-state index in [1.165, 1.54) is 0 Å². The van der Waals surface area contributed by atoms with E-state index in [1.807, 2.05) is 11.4 Å². The number of anilines is 1. The minimum atomic E-state index is -5.46. The Morgan fingerprint density at radius 3 is 2.27 bits per heavy atom. The van der Waals surface area contributed by atoms with Gasteiger partial charge in [0.25, 0.3) is 5.91 Å². The molecular formula is C16H20BrF3N2O4. The molecule has 6 nitrogen and oxygen atoms in total. The normalized spacial score (nSPS) is 11.9. The molecule has 0 aliphatic heterocycles. The molecular weight excluding hydrogens is 421 g/mol. The number of benzene rings is 1. The smallest absolute Gasteiger partial charge is 0.351 e. The van der Waals surface area contributed by atoms with Crippen LogP contribution in [0.25, 0.3) is 0 Å². The molecule has 0 atom stereocenters. The van der Waals surface area contributed by atoms with Gasteiger partial charge in [-0.05, 0) is 40.9 Å². The first-order valence-corrected chi connectivity index (χ1v) is 8.69. The number of rotatable bonds is 9. The third-order valence-corrected chi connectivity index (χ3v) is 4.17. The van der Waals surface area contributed by atoms with Crippen molar-refractivity contribution < 1.29 is 33.0 Å². The summed E-state index contributed by atoms with van der Waals surface area (Å²) in [5, 5.41) is 22.0. The van der Waals surface area contributed by atoms with Gasteiger partial charge in [0, 0.05) is 17.4 Å². The lowest BCUT2D eigenvalue weighted by molar-refractivity contribution is -0.328. The van der Waals surface area contributed by atoms with Crippen LogP contribution in [-0.4, -0.2) is 40.5 Å². The highest BCUT2D eigenvalue weighted by atomic mass is 79.9. The Balaban J connectivity index is 2.15. The minimum Gasteiger partial charge on any atom is -0.351 e. The highest BCUT2D eigenvalue weighted by molar-refractivity contribution is 9.10. The van der Waals surface area contributed by atoms with Crippen molar-refractivity contribution >= 4 is 33.4 Å². The van der Waals surface area contributed by atoms with Crippen molar-refractivity contribution in [3.8, 4) is 0 Å². The summed E-state index contributed by atoms with van der Waals surface area (Å²) in [5.74, 6) is -6.45. The molecule has 0 aromatic heterocycles. The van der Waals surface area contributed by atoms with E-state index in [4.69, 9.17) is 10.2 Å².